The van der Waals surface area contributed by atoms with Crippen molar-refractivity contribution in [2.75, 3.05) is 0 Å². The SMILES string of the molecule is Cc1ccc(-n2nc(C)c3cc(C(=O)O)c(C)nc32)cc1. The van der Waals surface area contributed by atoms with Crippen LogP contribution in [0.3, 0.4) is 0 Å². The Labute approximate surface area is 121 Å². The summed E-state index contributed by atoms with van der Waals surface area (Å²) in [5.74, 6) is -0.968. The van der Waals surface area contributed by atoms with Gasteiger partial charge in [0.15, 0.2) is 5.65 Å². The maximum atomic E-state index is 11.2. The van der Waals surface area contributed by atoms with E-state index in [1.807, 2.05) is 38.1 Å². The van der Waals surface area contributed by atoms with Crippen molar-refractivity contribution in [3.8, 4) is 5.69 Å². The molecule has 0 saturated carbocycles. The van der Waals surface area contributed by atoms with Crippen molar-refractivity contribution in [3.05, 3.63) is 52.8 Å². The predicted molar refractivity (Wildman–Crippen MR) is 80.0 cm³/mol. The van der Waals surface area contributed by atoms with Crippen LogP contribution in [0.15, 0.2) is 30.3 Å². The second kappa shape index (κ2) is 4.70. The first kappa shape index (κ1) is 13.3. The molecule has 2 aromatic heterocycles. The van der Waals surface area contributed by atoms with Crippen molar-refractivity contribution in [1.29, 1.82) is 0 Å². The number of carboxylic acid groups (broad SMARTS) is 1. The lowest BCUT2D eigenvalue weighted by atomic mass is 10.1. The van der Waals surface area contributed by atoms with Crippen molar-refractivity contribution < 1.29 is 9.90 Å². The lowest BCUT2D eigenvalue weighted by Crippen LogP contribution is -2.03. The van der Waals surface area contributed by atoms with Gasteiger partial charge in [-0.05, 0) is 39.0 Å². The molecule has 0 aliphatic carbocycles. The van der Waals surface area contributed by atoms with Gasteiger partial charge in [0, 0.05) is 5.39 Å². The Hall–Kier alpha value is -2.69. The van der Waals surface area contributed by atoms with E-state index >= 15 is 0 Å². The molecule has 0 radical (unpaired) electrons. The van der Waals surface area contributed by atoms with E-state index in [9.17, 15) is 9.90 Å². The Morgan fingerprint density at radius 2 is 1.76 bits per heavy atom. The molecule has 2 heterocycles. The van der Waals surface area contributed by atoms with Crippen LogP contribution in [0.2, 0.25) is 0 Å². The number of aryl methyl sites for hydroxylation is 3. The third-order valence-electron chi connectivity index (χ3n) is 3.54. The zero-order valence-corrected chi connectivity index (χ0v) is 12.1. The van der Waals surface area contributed by atoms with E-state index in [1.54, 1.807) is 17.7 Å². The third kappa shape index (κ3) is 2.16. The number of hydrogen-bond acceptors (Lipinski definition) is 3. The van der Waals surface area contributed by atoms with Gasteiger partial charge in [-0.3, -0.25) is 0 Å². The molecular weight excluding hydrogens is 266 g/mol. The number of aromatic carboxylic acids is 1. The summed E-state index contributed by atoms with van der Waals surface area (Å²) in [5, 5.41) is 14.5. The van der Waals surface area contributed by atoms with Gasteiger partial charge >= 0.3 is 5.97 Å². The van der Waals surface area contributed by atoms with Gasteiger partial charge in [-0.2, -0.15) is 5.10 Å². The topological polar surface area (TPSA) is 68.0 Å². The zero-order chi connectivity index (χ0) is 15.1. The summed E-state index contributed by atoms with van der Waals surface area (Å²) in [6, 6.07) is 9.62. The molecular formula is C16H15N3O2. The van der Waals surface area contributed by atoms with Crippen LogP contribution in [0.25, 0.3) is 16.7 Å². The van der Waals surface area contributed by atoms with Crippen molar-refractivity contribution in [1.82, 2.24) is 14.8 Å². The van der Waals surface area contributed by atoms with Crippen LogP contribution in [-0.2, 0) is 0 Å². The minimum absolute atomic E-state index is 0.217. The Balaban J connectivity index is 2.28. The van der Waals surface area contributed by atoms with Gasteiger partial charge < -0.3 is 5.11 Å². The summed E-state index contributed by atoms with van der Waals surface area (Å²) in [4.78, 5) is 15.7. The molecule has 106 valence electrons. The Bertz CT molecular complexity index is 848. The second-order valence-electron chi connectivity index (χ2n) is 5.13. The first-order valence-corrected chi connectivity index (χ1v) is 6.64. The van der Waals surface area contributed by atoms with Crippen molar-refractivity contribution in [2.24, 2.45) is 0 Å². The highest BCUT2D eigenvalue weighted by Gasteiger charge is 2.16. The number of nitrogens with zero attached hydrogens (tertiary/aromatic N) is 3. The average Bonchev–Trinajstić information content (AvgIpc) is 2.75. The third-order valence-corrected chi connectivity index (χ3v) is 3.54. The standard InChI is InChI=1S/C16H15N3O2/c1-9-4-6-12(7-5-9)19-15-13(11(3)18-19)8-14(16(20)21)10(2)17-15/h4-8H,1-3H3,(H,20,21). The minimum atomic E-state index is -0.968. The van der Waals surface area contributed by atoms with Crippen LogP contribution < -0.4 is 0 Å². The lowest BCUT2D eigenvalue weighted by molar-refractivity contribution is 0.0696. The van der Waals surface area contributed by atoms with E-state index in [1.165, 1.54) is 5.56 Å². The van der Waals surface area contributed by atoms with E-state index in [4.69, 9.17) is 0 Å². The summed E-state index contributed by atoms with van der Waals surface area (Å²) in [5.41, 5.74) is 4.23. The summed E-state index contributed by atoms with van der Waals surface area (Å²) < 4.78 is 1.75. The Kier molecular flexibility index (Phi) is 2.97. The van der Waals surface area contributed by atoms with Crippen molar-refractivity contribution in [2.45, 2.75) is 20.8 Å². The number of aromatic nitrogens is 3. The molecule has 1 N–H and O–H groups in total. The fourth-order valence-electron chi connectivity index (χ4n) is 2.35. The number of benzene rings is 1. The van der Waals surface area contributed by atoms with Crippen LogP contribution in [0.4, 0.5) is 0 Å². The van der Waals surface area contributed by atoms with E-state index < -0.39 is 5.97 Å². The first-order valence-electron chi connectivity index (χ1n) is 6.64. The maximum absolute atomic E-state index is 11.2. The zero-order valence-electron chi connectivity index (χ0n) is 12.1. The highest BCUT2D eigenvalue weighted by Crippen LogP contribution is 2.23. The van der Waals surface area contributed by atoms with E-state index in [0.717, 1.165) is 16.8 Å². The maximum Gasteiger partial charge on any atom is 0.337 e. The molecule has 0 fully saturated rings. The molecule has 0 aliphatic heterocycles. The lowest BCUT2D eigenvalue weighted by Gasteiger charge is -2.05. The summed E-state index contributed by atoms with van der Waals surface area (Å²) in [7, 11) is 0. The fraction of sp³-hybridized carbons (Fsp3) is 0.188. The predicted octanol–water partition coefficient (Wildman–Crippen LogP) is 3.04. The minimum Gasteiger partial charge on any atom is -0.478 e. The molecule has 0 spiro atoms. The summed E-state index contributed by atoms with van der Waals surface area (Å²) >= 11 is 0. The molecule has 21 heavy (non-hydrogen) atoms. The Morgan fingerprint density at radius 1 is 1.10 bits per heavy atom. The smallest absolute Gasteiger partial charge is 0.337 e. The molecule has 0 saturated heterocycles. The van der Waals surface area contributed by atoms with Gasteiger partial charge in [0.1, 0.15) is 0 Å². The quantitative estimate of drug-likeness (QED) is 0.784. The average molecular weight is 281 g/mol. The Morgan fingerprint density at radius 3 is 2.38 bits per heavy atom. The number of carbonyl (C=O) groups is 1. The number of pyridine rings is 1. The molecule has 0 aliphatic rings. The molecule has 1 aromatic carbocycles. The molecule has 0 unspecified atom stereocenters. The molecule has 0 bridgehead atoms. The van der Waals surface area contributed by atoms with Gasteiger partial charge in [-0.25, -0.2) is 14.5 Å². The van der Waals surface area contributed by atoms with E-state index in [-0.39, 0.29) is 5.56 Å². The van der Waals surface area contributed by atoms with Gasteiger partial charge in [-0.1, -0.05) is 17.7 Å². The van der Waals surface area contributed by atoms with Crippen LogP contribution in [0.1, 0.15) is 27.3 Å². The molecule has 3 aromatic rings. The molecule has 5 heteroatoms. The van der Waals surface area contributed by atoms with Gasteiger partial charge in [0.2, 0.25) is 0 Å². The van der Waals surface area contributed by atoms with E-state index in [2.05, 4.69) is 10.1 Å². The van der Waals surface area contributed by atoms with Crippen LogP contribution in [0, 0.1) is 20.8 Å². The highest BCUT2D eigenvalue weighted by atomic mass is 16.4. The van der Waals surface area contributed by atoms with Gasteiger partial charge in [0.05, 0.1) is 22.6 Å². The first-order chi connectivity index (χ1) is 9.97. The highest BCUT2D eigenvalue weighted by molar-refractivity contribution is 5.94. The number of fused-ring (bicyclic) bond motifs is 1. The molecule has 3 rings (SSSR count). The van der Waals surface area contributed by atoms with Crippen LogP contribution in [-0.4, -0.2) is 25.8 Å². The number of rotatable bonds is 2. The van der Waals surface area contributed by atoms with Crippen LogP contribution >= 0.6 is 0 Å². The number of carboxylic acids is 1. The number of hydrogen-bond donors (Lipinski definition) is 1. The monoisotopic (exact) mass is 281 g/mol. The van der Waals surface area contributed by atoms with Crippen molar-refractivity contribution in [3.63, 3.8) is 0 Å². The summed E-state index contributed by atoms with van der Waals surface area (Å²) in [6.07, 6.45) is 0. The molecule has 0 amide bonds. The summed E-state index contributed by atoms with van der Waals surface area (Å²) in [6.45, 7) is 5.58. The van der Waals surface area contributed by atoms with Gasteiger partial charge in [0.25, 0.3) is 0 Å². The van der Waals surface area contributed by atoms with Crippen molar-refractivity contribution >= 4 is 17.0 Å². The molecule has 0 atom stereocenters. The largest absolute Gasteiger partial charge is 0.478 e. The van der Waals surface area contributed by atoms with Gasteiger partial charge in [-0.15, -0.1) is 0 Å². The second-order valence-corrected chi connectivity index (χ2v) is 5.13. The fourth-order valence-corrected chi connectivity index (χ4v) is 2.35. The molecule has 5 nitrogen and oxygen atoms in total. The van der Waals surface area contributed by atoms with E-state index in [0.29, 0.717) is 11.3 Å². The van der Waals surface area contributed by atoms with Crippen LogP contribution in [0.5, 0.6) is 0 Å². The normalized spacial score (nSPS) is 11.0.